The number of carbonyl (C=O) groups is 1. The molecule has 2 unspecified atom stereocenters. The van der Waals surface area contributed by atoms with Crippen molar-refractivity contribution >= 4 is 6.03 Å². The second kappa shape index (κ2) is 7.29. The zero-order valence-electron chi connectivity index (χ0n) is 13.3. The molecule has 1 saturated heterocycles. The molecule has 0 radical (unpaired) electrons. The van der Waals surface area contributed by atoms with E-state index in [1.807, 2.05) is 0 Å². The Morgan fingerprint density at radius 3 is 3.17 bits per heavy atom. The van der Waals surface area contributed by atoms with Gasteiger partial charge in [-0.3, -0.25) is 0 Å². The van der Waals surface area contributed by atoms with Gasteiger partial charge in [0.25, 0.3) is 0 Å². The van der Waals surface area contributed by atoms with Crippen molar-refractivity contribution in [1.29, 1.82) is 0 Å². The Morgan fingerprint density at radius 2 is 2.33 bits per heavy atom. The van der Waals surface area contributed by atoms with Crippen LogP contribution in [0.25, 0.3) is 0 Å². The number of hydrogen-bond donors (Lipinski definition) is 2. The van der Waals surface area contributed by atoms with Gasteiger partial charge in [-0.2, -0.15) is 8.78 Å². The molecule has 3 rings (SSSR count). The number of amides is 2. The molecule has 1 aliphatic heterocycles. The topological polar surface area (TPSA) is 72.5 Å². The van der Waals surface area contributed by atoms with Gasteiger partial charge in [0, 0.05) is 32.0 Å². The minimum Gasteiger partial charge on any atom is -0.417 e. The van der Waals surface area contributed by atoms with Crippen molar-refractivity contribution in [2.45, 2.75) is 44.4 Å². The van der Waals surface area contributed by atoms with Gasteiger partial charge in [-0.15, -0.1) is 0 Å². The molecule has 1 saturated carbocycles. The Bertz CT molecular complexity index is 575. The Kier molecular flexibility index (Phi) is 5.13. The van der Waals surface area contributed by atoms with Crippen LogP contribution in [0.5, 0.6) is 5.88 Å². The van der Waals surface area contributed by atoms with E-state index < -0.39 is 6.61 Å². The molecule has 2 N–H and O–H groups in total. The first-order chi connectivity index (χ1) is 11.6. The Morgan fingerprint density at radius 1 is 1.46 bits per heavy atom. The molecule has 0 spiro atoms. The van der Waals surface area contributed by atoms with Crippen LogP contribution in [0, 0.1) is 5.92 Å². The number of nitrogens with one attached hydrogen (secondary N) is 2. The lowest BCUT2D eigenvalue weighted by molar-refractivity contribution is -0.0529. The minimum atomic E-state index is -2.92. The molecule has 0 aromatic carbocycles. The molecule has 1 aromatic rings. The van der Waals surface area contributed by atoms with Gasteiger partial charge < -0.3 is 20.1 Å². The predicted molar refractivity (Wildman–Crippen MR) is 81.7 cm³/mol. The number of hydrogen-bond acceptors (Lipinski definition) is 4. The molecule has 2 amide bonds. The maximum Gasteiger partial charge on any atom is 0.388 e. The van der Waals surface area contributed by atoms with Gasteiger partial charge in [0.2, 0.25) is 5.88 Å². The number of carbonyl (C=O) groups excluding carboxylic acids is 1. The lowest BCUT2D eigenvalue weighted by atomic mass is 9.91. The molecule has 24 heavy (non-hydrogen) atoms. The van der Waals surface area contributed by atoms with Gasteiger partial charge in [0.1, 0.15) is 0 Å². The summed E-state index contributed by atoms with van der Waals surface area (Å²) in [6.45, 7) is -1.46. The van der Waals surface area contributed by atoms with Crippen molar-refractivity contribution in [3.8, 4) is 5.88 Å². The molecule has 2 fully saturated rings. The van der Waals surface area contributed by atoms with E-state index >= 15 is 0 Å². The summed E-state index contributed by atoms with van der Waals surface area (Å²) in [5.41, 5.74) is 0.427. The van der Waals surface area contributed by atoms with Crippen LogP contribution < -0.4 is 15.4 Å². The highest BCUT2D eigenvalue weighted by molar-refractivity contribution is 5.73. The number of fused-ring (bicyclic) bond motifs is 1. The Labute approximate surface area is 138 Å². The average Bonchev–Trinajstić information content (AvgIpc) is 3.10. The van der Waals surface area contributed by atoms with Crippen LogP contribution in [0.3, 0.4) is 0 Å². The van der Waals surface area contributed by atoms with E-state index in [0.29, 0.717) is 18.0 Å². The highest BCUT2D eigenvalue weighted by Crippen LogP contribution is 2.44. The fourth-order valence-electron chi connectivity index (χ4n) is 3.59. The van der Waals surface area contributed by atoms with Crippen LogP contribution in [0.2, 0.25) is 0 Å². The first kappa shape index (κ1) is 16.9. The highest BCUT2D eigenvalue weighted by atomic mass is 19.3. The fourth-order valence-corrected chi connectivity index (χ4v) is 3.59. The summed E-state index contributed by atoms with van der Waals surface area (Å²) >= 11 is 0. The zero-order valence-corrected chi connectivity index (χ0v) is 13.3. The summed E-state index contributed by atoms with van der Waals surface area (Å²) < 4.78 is 34.5. The van der Waals surface area contributed by atoms with Crippen LogP contribution in [0.1, 0.15) is 31.2 Å². The summed E-state index contributed by atoms with van der Waals surface area (Å²) in [6, 6.07) is 2.70. The average molecular weight is 341 g/mol. The Balaban J connectivity index is 1.46. The van der Waals surface area contributed by atoms with Gasteiger partial charge in [-0.05, 0) is 36.8 Å². The highest BCUT2D eigenvalue weighted by Gasteiger charge is 2.47. The van der Waals surface area contributed by atoms with Crippen LogP contribution >= 0.6 is 0 Å². The molecule has 1 aliphatic carbocycles. The molecule has 6 nitrogen and oxygen atoms in total. The quantitative estimate of drug-likeness (QED) is 0.834. The van der Waals surface area contributed by atoms with E-state index in [2.05, 4.69) is 20.4 Å². The van der Waals surface area contributed by atoms with Gasteiger partial charge in [0.05, 0.1) is 5.60 Å². The molecule has 2 atom stereocenters. The molecule has 132 valence electrons. The van der Waals surface area contributed by atoms with Gasteiger partial charge in [-0.1, -0.05) is 6.42 Å². The van der Waals surface area contributed by atoms with Gasteiger partial charge in [-0.25, -0.2) is 9.78 Å². The van der Waals surface area contributed by atoms with E-state index in [-0.39, 0.29) is 24.1 Å². The standard InChI is InChI=1S/C16H21F2N3O3/c17-14(18)24-13-8-11(3-6-19-13)9-20-15(22)21-10-16-5-1-2-12(16)4-7-23-16/h3,6,8,12,14H,1-2,4-5,7,9-10H2,(H2,20,21,22). The van der Waals surface area contributed by atoms with Crippen LogP contribution in [0.15, 0.2) is 18.3 Å². The second-order valence-electron chi connectivity index (χ2n) is 6.21. The number of aromatic nitrogens is 1. The Hall–Kier alpha value is -1.96. The third kappa shape index (κ3) is 3.92. The first-order valence-corrected chi connectivity index (χ1v) is 8.13. The molecule has 2 aliphatic rings. The van der Waals surface area contributed by atoms with E-state index in [1.165, 1.54) is 12.3 Å². The number of nitrogens with zero attached hydrogens (tertiary/aromatic N) is 1. The normalized spacial score (nSPS) is 25.5. The maximum atomic E-state index is 12.2. The monoisotopic (exact) mass is 341 g/mol. The van der Waals surface area contributed by atoms with Gasteiger partial charge >= 0.3 is 12.6 Å². The summed E-state index contributed by atoms with van der Waals surface area (Å²) in [7, 11) is 0. The second-order valence-corrected chi connectivity index (χ2v) is 6.21. The largest absolute Gasteiger partial charge is 0.417 e. The van der Waals surface area contributed by atoms with Crippen LogP contribution in [0.4, 0.5) is 13.6 Å². The molecular formula is C16H21F2N3O3. The smallest absolute Gasteiger partial charge is 0.388 e. The number of urea groups is 1. The first-order valence-electron chi connectivity index (χ1n) is 8.13. The number of ether oxygens (including phenoxy) is 2. The molecule has 0 bridgehead atoms. The summed E-state index contributed by atoms with van der Waals surface area (Å²) in [5.74, 6) is 0.365. The van der Waals surface area contributed by atoms with E-state index in [4.69, 9.17) is 4.74 Å². The summed E-state index contributed by atoms with van der Waals surface area (Å²) in [5, 5.41) is 5.57. The van der Waals surface area contributed by atoms with Crippen molar-refractivity contribution in [3.05, 3.63) is 23.9 Å². The number of pyridine rings is 1. The van der Waals surface area contributed by atoms with Gasteiger partial charge in [0.15, 0.2) is 0 Å². The lowest BCUT2D eigenvalue weighted by Crippen LogP contribution is -2.47. The number of alkyl halides is 2. The minimum absolute atomic E-state index is 0.170. The third-order valence-corrected chi connectivity index (χ3v) is 4.76. The predicted octanol–water partition coefficient (Wildman–Crippen LogP) is 2.44. The summed E-state index contributed by atoms with van der Waals surface area (Å²) in [4.78, 5) is 15.7. The van der Waals surface area contributed by atoms with Crippen LogP contribution in [-0.4, -0.2) is 36.4 Å². The third-order valence-electron chi connectivity index (χ3n) is 4.76. The molecule has 2 heterocycles. The number of halogens is 2. The fraction of sp³-hybridized carbons (Fsp3) is 0.625. The van der Waals surface area contributed by atoms with Crippen molar-refractivity contribution in [3.63, 3.8) is 0 Å². The number of rotatable bonds is 6. The SMILES string of the molecule is O=C(NCc1ccnc(OC(F)F)c1)NCC12CCCC1CCO2. The van der Waals surface area contributed by atoms with E-state index in [9.17, 15) is 13.6 Å². The zero-order chi connectivity index (χ0) is 17.0. The van der Waals surface area contributed by atoms with Crippen molar-refractivity contribution in [2.24, 2.45) is 5.92 Å². The molecular weight excluding hydrogens is 320 g/mol. The van der Waals surface area contributed by atoms with Crippen molar-refractivity contribution < 1.29 is 23.0 Å². The van der Waals surface area contributed by atoms with E-state index in [0.717, 1.165) is 32.3 Å². The van der Waals surface area contributed by atoms with E-state index in [1.54, 1.807) is 6.07 Å². The maximum absolute atomic E-state index is 12.2. The van der Waals surface area contributed by atoms with Crippen molar-refractivity contribution in [2.75, 3.05) is 13.2 Å². The summed E-state index contributed by atoms with van der Waals surface area (Å²) in [6.07, 6.45) is 5.70. The molecule has 1 aromatic heterocycles. The van der Waals surface area contributed by atoms with Crippen LogP contribution in [-0.2, 0) is 11.3 Å². The molecule has 8 heteroatoms. The lowest BCUT2D eigenvalue weighted by Gasteiger charge is -2.28. The van der Waals surface area contributed by atoms with Crippen molar-refractivity contribution in [1.82, 2.24) is 15.6 Å².